The van der Waals surface area contributed by atoms with Crippen molar-refractivity contribution >= 4 is 17.6 Å². The minimum Gasteiger partial charge on any atom is -0.354 e. The van der Waals surface area contributed by atoms with Crippen molar-refractivity contribution in [2.45, 2.75) is 47.1 Å². The average Bonchev–Trinajstić information content (AvgIpc) is 2.60. The van der Waals surface area contributed by atoms with Gasteiger partial charge in [-0.25, -0.2) is 0 Å². The molecule has 1 aromatic rings. The van der Waals surface area contributed by atoms with Crippen LogP contribution in [0, 0.1) is 13.8 Å². The molecule has 0 aliphatic heterocycles. The minimum atomic E-state index is -0.346. The fraction of sp³-hybridized carbons (Fsp3) is 0.562. The Morgan fingerprint density at radius 3 is 2.14 bits per heavy atom. The lowest BCUT2D eigenvalue weighted by Crippen LogP contribution is -2.46. The number of Topliss-reactive ketones (excluding diaryl/α,β-unsaturated/α-hetero) is 1. The number of carbonyl (C=O) groups is 3. The number of aryl methyl sites for hydroxylation is 1. The molecule has 2 N–H and O–H groups in total. The van der Waals surface area contributed by atoms with Crippen LogP contribution >= 0.6 is 0 Å². The summed E-state index contributed by atoms with van der Waals surface area (Å²) in [6.45, 7) is 10.6. The van der Waals surface area contributed by atoms with Crippen LogP contribution < -0.4 is 5.32 Å². The number of hydrogen-bond acceptors (Lipinski definition) is 3. The van der Waals surface area contributed by atoms with Crippen molar-refractivity contribution in [1.82, 2.24) is 15.2 Å². The number of aromatic amines is 1. The fourth-order valence-electron chi connectivity index (χ4n) is 2.43. The molecule has 0 aliphatic rings. The highest BCUT2D eigenvalue weighted by Gasteiger charge is 2.24. The largest absolute Gasteiger partial charge is 0.354 e. The second-order valence-electron chi connectivity index (χ2n) is 6.64. The van der Waals surface area contributed by atoms with Crippen LogP contribution in [-0.4, -0.2) is 46.6 Å². The first-order valence-corrected chi connectivity index (χ1v) is 7.20. The molecule has 22 heavy (non-hydrogen) atoms. The summed E-state index contributed by atoms with van der Waals surface area (Å²) >= 11 is 0. The third kappa shape index (κ3) is 4.19. The fourth-order valence-corrected chi connectivity index (χ4v) is 2.43. The van der Waals surface area contributed by atoms with E-state index in [9.17, 15) is 14.4 Å². The maximum Gasteiger partial charge on any atom is 0.270 e. The maximum absolute atomic E-state index is 12.5. The third-order valence-electron chi connectivity index (χ3n) is 3.25. The molecule has 0 spiro atoms. The predicted octanol–water partition coefficient (Wildman–Crippen LogP) is 1.82. The Kier molecular flexibility index (Phi) is 5.17. The molecular weight excluding hydrogens is 282 g/mol. The Morgan fingerprint density at radius 1 is 1.18 bits per heavy atom. The zero-order valence-corrected chi connectivity index (χ0v) is 14.4. The van der Waals surface area contributed by atoms with Gasteiger partial charge in [-0.15, -0.1) is 0 Å². The number of aromatic nitrogens is 1. The molecule has 0 aliphatic carbocycles. The number of carbonyl (C=O) groups excluding carboxylic acids is 3. The van der Waals surface area contributed by atoms with Gasteiger partial charge in [-0.2, -0.15) is 0 Å². The molecule has 0 saturated carbocycles. The molecule has 0 atom stereocenters. The average molecular weight is 307 g/mol. The number of likely N-dealkylation sites (N-methyl/N-ethyl adjacent to an activating group) is 1. The summed E-state index contributed by atoms with van der Waals surface area (Å²) in [6, 6.07) is 0. The van der Waals surface area contributed by atoms with Crippen molar-refractivity contribution in [3.63, 3.8) is 0 Å². The van der Waals surface area contributed by atoms with Crippen LogP contribution in [0.15, 0.2) is 0 Å². The zero-order valence-electron chi connectivity index (χ0n) is 14.4. The van der Waals surface area contributed by atoms with Gasteiger partial charge in [-0.3, -0.25) is 14.4 Å². The molecule has 1 rings (SSSR count). The van der Waals surface area contributed by atoms with E-state index in [1.807, 2.05) is 20.8 Å². The van der Waals surface area contributed by atoms with E-state index in [4.69, 9.17) is 0 Å². The van der Waals surface area contributed by atoms with E-state index in [0.717, 1.165) is 0 Å². The maximum atomic E-state index is 12.5. The van der Waals surface area contributed by atoms with Crippen molar-refractivity contribution in [1.29, 1.82) is 0 Å². The Bertz CT molecular complexity index is 609. The highest BCUT2D eigenvalue weighted by atomic mass is 16.2. The molecule has 0 bridgehead atoms. The Labute approximate surface area is 131 Å². The second kappa shape index (κ2) is 6.34. The van der Waals surface area contributed by atoms with Gasteiger partial charge in [0.2, 0.25) is 5.91 Å². The van der Waals surface area contributed by atoms with Crippen LogP contribution in [0.4, 0.5) is 0 Å². The zero-order chi connectivity index (χ0) is 17.2. The topological polar surface area (TPSA) is 82.3 Å². The van der Waals surface area contributed by atoms with E-state index in [2.05, 4.69) is 10.3 Å². The van der Waals surface area contributed by atoms with Crippen LogP contribution in [0.2, 0.25) is 0 Å². The van der Waals surface area contributed by atoms with Gasteiger partial charge in [0.15, 0.2) is 5.78 Å². The summed E-state index contributed by atoms with van der Waals surface area (Å²) < 4.78 is 0. The van der Waals surface area contributed by atoms with Crippen molar-refractivity contribution in [2.24, 2.45) is 0 Å². The highest BCUT2D eigenvalue weighted by Crippen LogP contribution is 2.19. The van der Waals surface area contributed by atoms with Crippen molar-refractivity contribution in [3.8, 4) is 0 Å². The van der Waals surface area contributed by atoms with Crippen molar-refractivity contribution in [2.75, 3.05) is 13.6 Å². The molecular formula is C16H25N3O3. The number of rotatable bonds is 4. The first kappa shape index (κ1) is 17.9. The number of hydrogen-bond donors (Lipinski definition) is 2. The second-order valence-corrected chi connectivity index (χ2v) is 6.64. The van der Waals surface area contributed by atoms with Gasteiger partial charge in [0.25, 0.3) is 5.91 Å². The smallest absolute Gasteiger partial charge is 0.270 e. The Balaban J connectivity index is 2.91. The molecule has 1 aromatic heterocycles. The summed E-state index contributed by atoms with van der Waals surface area (Å²) in [5, 5.41) is 2.81. The van der Waals surface area contributed by atoms with E-state index in [0.29, 0.717) is 22.5 Å². The number of H-pyrrole nitrogens is 1. The minimum absolute atomic E-state index is 0.0387. The lowest BCUT2D eigenvalue weighted by atomic mass is 10.1. The normalized spacial score (nSPS) is 11.2. The third-order valence-corrected chi connectivity index (χ3v) is 3.25. The first-order valence-electron chi connectivity index (χ1n) is 7.20. The summed E-state index contributed by atoms with van der Waals surface area (Å²) in [6.07, 6.45) is 0. The molecule has 0 fully saturated rings. The van der Waals surface area contributed by atoms with Gasteiger partial charge in [0.05, 0.1) is 6.54 Å². The van der Waals surface area contributed by atoms with Gasteiger partial charge in [-0.05, 0) is 47.1 Å². The molecule has 6 nitrogen and oxygen atoms in total. The summed E-state index contributed by atoms with van der Waals surface area (Å²) in [5.74, 6) is -0.619. The van der Waals surface area contributed by atoms with Crippen LogP contribution in [0.1, 0.15) is 59.8 Å². The van der Waals surface area contributed by atoms with Gasteiger partial charge in [0, 0.05) is 23.8 Å². The van der Waals surface area contributed by atoms with Crippen LogP contribution in [0.3, 0.4) is 0 Å². The van der Waals surface area contributed by atoms with Crippen LogP contribution in [0.5, 0.6) is 0 Å². The molecule has 1 heterocycles. The predicted molar refractivity (Wildman–Crippen MR) is 85.1 cm³/mol. The van der Waals surface area contributed by atoms with E-state index in [-0.39, 0.29) is 29.7 Å². The quantitative estimate of drug-likeness (QED) is 0.832. The molecule has 2 amide bonds. The SMILES string of the molecule is CC(=O)c1c(C)[nH]c(C(=O)N(C)CC(=O)NC(C)(C)C)c1C. The highest BCUT2D eigenvalue weighted by molar-refractivity contribution is 6.03. The number of ketones is 1. The van der Waals surface area contributed by atoms with Crippen LogP contribution in [-0.2, 0) is 4.79 Å². The Hall–Kier alpha value is -2.11. The molecule has 0 aromatic carbocycles. The Morgan fingerprint density at radius 2 is 1.73 bits per heavy atom. The van der Waals surface area contributed by atoms with Crippen LogP contribution in [0.25, 0.3) is 0 Å². The first-order chi connectivity index (χ1) is 9.94. The van der Waals surface area contributed by atoms with Gasteiger partial charge in [0.1, 0.15) is 5.69 Å². The number of amides is 2. The molecule has 0 radical (unpaired) electrons. The van der Waals surface area contributed by atoms with Gasteiger partial charge >= 0.3 is 0 Å². The lowest BCUT2D eigenvalue weighted by Gasteiger charge is -2.23. The molecule has 6 heteroatoms. The van der Waals surface area contributed by atoms with E-state index < -0.39 is 0 Å². The lowest BCUT2D eigenvalue weighted by molar-refractivity contribution is -0.122. The molecule has 0 unspecified atom stereocenters. The van der Waals surface area contributed by atoms with Crippen molar-refractivity contribution < 1.29 is 14.4 Å². The summed E-state index contributed by atoms with van der Waals surface area (Å²) in [4.78, 5) is 40.3. The van der Waals surface area contributed by atoms with Gasteiger partial charge in [-0.1, -0.05) is 0 Å². The molecule has 122 valence electrons. The molecule has 0 saturated heterocycles. The van der Waals surface area contributed by atoms with E-state index in [1.165, 1.54) is 11.8 Å². The summed E-state index contributed by atoms with van der Waals surface area (Å²) in [5.41, 5.74) is 1.84. The van der Waals surface area contributed by atoms with E-state index >= 15 is 0 Å². The summed E-state index contributed by atoms with van der Waals surface area (Å²) in [7, 11) is 1.56. The van der Waals surface area contributed by atoms with E-state index in [1.54, 1.807) is 20.9 Å². The number of nitrogens with one attached hydrogen (secondary N) is 2. The monoisotopic (exact) mass is 307 g/mol. The van der Waals surface area contributed by atoms with Crippen molar-refractivity contribution in [3.05, 3.63) is 22.5 Å². The standard InChI is InChI=1S/C16H25N3O3/c1-9-13(11(3)20)10(2)17-14(9)15(22)19(7)8-12(21)18-16(4,5)6/h17H,8H2,1-7H3,(H,18,21). The van der Waals surface area contributed by atoms with Gasteiger partial charge < -0.3 is 15.2 Å². The number of nitrogens with zero attached hydrogens (tertiary/aromatic N) is 1.